The van der Waals surface area contributed by atoms with Crippen LogP contribution in [-0.2, 0) is 4.79 Å². The molecule has 0 aromatic heterocycles. The van der Waals surface area contributed by atoms with Crippen molar-refractivity contribution in [3.8, 4) is 0 Å². The van der Waals surface area contributed by atoms with Gasteiger partial charge in [-0.3, -0.25) is 9.69 Å². The largest absolute Gasteiger partial charge is 0.343 e. The van der Waals surface area contributed by atoms with Crippen molar-refractivity contribution in [2.24, 2.45) is 0 Å². The molecular weight excluding hydrogens is 320 g/mol. The predicted octanol–water partition coefficient (Wildman–Crippen LogP) is 6.42. The smallest absolute Gasteiger partial charge is 0.208 e. The Hall–Kier alpha value is -0.570. The number of nitrogens with one attached hydrogen (secondary N) is 1. The van der Waals surface area contributed by atoms with E-state index in [-0.39, 0.29) is 0 Å². The first-order valence-electron chi connectivity index (χ1n) is 11.8. The SMILES string of the molecule is CCCCCCCCCCCCCCCCCCN1CCCC1NC=O. The molecule has 1 unspecified atom stereocenters. The number of carbonyl (C=O) groups excluding carboxylic acids is 1. The summed E-state index contributed by atoms with van der Waals surface area (Å²) in [6.07, 6.45) is 26.3. The fraction of sp³-hybridized carbons (Fsp3) is 0.957. The van der Waals surface area contributed by atoms with E-state index in [0.29, 0.717) is 6.17 Å². The molecule has 0 aromatic carbocycles. The summed E-state index contributed by atoms with van der Waals surface area (Å²) in [4.78, 5) is 13.0. The standard InChI is InChI=1S/C23H46N2O/c1-2-3-4-5-6-7-8-9-10-11-12-13-14-15-16-17-20-25-21-18-19-23(25)24-22-26/h22-23H,2-21H2,1H3,(H,24,26). The summed E-state index contributed by atoms with van der Waals surface area (Å²) in [6, 6.07) is 0. The fourth-order valence-electron chi connectivity index (χ4n) is 4.22. The van der Waals surface area contributed by atoms with Crippen molar-refractivity contribution in [1.82, 2.24) is 10.2 Å². The van der Waals surface area contributed by atoms with Gasteiger partial charge in [0.2, 0.25) is 6.41 Å². The van der Waals surface area contributed by atoms with E-state index in [0.717, 1.165) is 25.9 Å². The molecule has 1 aliphatic rings. The van der Waals surface area contributed by atoms with Gasteiger partial charge in [-0.05, 0) is 19.3 Å². The predicted molar refractivity (Wildman–Crippen MR) is 113 cm³/mol. The summed E-state index contributed by atoms with van der Waals surface area (Å²) in [5, 5.41) is 2.94. The molecule has 3 nitrogen and oxygen atoms in total. The highest BCUT2D eigenvalue weighted by atomic mass is 16.1. The fourth-order valence-corrected chi connectivity index (χ4v) is 4.22. The Morgan fingerprint density at radius 1 is 0.769 bits per heavy atom. The van der Waals surface area contributed by atoms with Crippen molar-refractivity contribution in [3.05, 3.63) is 0 Å². The van der Waals surface area contributed by atoms with Crippen LogP contribution in [0.3, 0.4) is 0 Å². The van der Waals surface area contributed by atoms with Crippen molar-refractivity contribution >= 4 is 6.41 Å². The number of rotatable bonds is 19. The van der Waals surface area contributed by atoms with Crippen LogP contribution in [0.15, 0.2) is 0 Å². The maximum atomic E-state index is 10.6. The van der Waals surface area contributed by atoms with Crippen LogP contribution in [-0.4, -0.2) is 30.6 Å². The van der Waals surface area contributed by atoms with Crippen LogP contribution < -0.4 is 5.32 Å². The lowest BCUT2D eigenvalue weighted by Gasteiger charge is -2.23. The summed E-state index contributed by atoms with van der Waals surface area (Å²) in [7, 11) is 0. The van der Waals surface area contributed by atoms with Crippen LogP contribution in [0.4, 0.5) is 0 Å². The molecule has 1 heterocycles. The molecule has 0 bridgehead atoms. The van der Waals surface area contributed by atoms with Gasteiger partial charge in [-0.25, -0.2) is 0 Å². The molecule has 1 N–H and O–H groups in total. The van der Waals surface area contributed by atoms with Gasteiger partial charge in [0.25, 0.3) is 0 Å². The van der Waals surface area contributed by atoms with Gasteiger partial charge in [-0.2, -0.15) is 0 Å². The zero-order valence-electron chi connectivity index (χ0n) is 17.7. The molecule has 1 saturated heterocycles. The topological polar surface area (TPSA) is 32.3 Å². The van der Waals surface area contributed by atoms with Crippen LogP contribution in [0, 0.1) is 0 Å². The normalized spacial score (nSPS) is 17.7. The third-order valence-corrected chi connectivity index (χ3v) is 5.92. The highest BCUT2D eigenvalue weighted by Crippen LogP contribution is 2.17. The monoisotopic (exact) mass is 366 g/mol. The first kappa shape index (κ1) is 23.5. The van der Waals surface area contributed by atoms with Crippen LogP contribution in [0.2, 0.25) is 0 Å². The summed E-state index contributed by atoms with van der Waals surface area (Å²) in [6.45, 7) is 4.60. The van der Waals surface area contributed by atoms with E-state index in [1.165, 1.54) is 109 Å². The average Bonchev–Trinajstić information content (AvgIpc) is 3.09. The number of unbranched alkanes of at least 4 members (excludes halogenated alkanes) is 15. The van der Waals surface area contributed by atoms with Crippen LogP contribution in [0.5, 0.6) is 0 Å². The van der Waals surface area contributed by atoms with E-state index >= 15 is 0 Å². The van der Waals surface area contributed by atoms with Gasteiger partial charge < -0.3 is 5.32 Å². The molecule has 1 atom stereocenters. The minimum atomic E-state index is 0.309. The quantitative estimate of drug-likeness (QED) is 0.211. The number of hydrogen-bond donors (Lipinski definition) is 1. The molecule has 3 heteroatoms. The van der Waals surface area contributed by atoms with Gasteiger partial charge in [-0.1, -0.05) is 103 Å². The summed E-state index contributed by atoms with van der Waals surface area (Å²) >= 11 is 0. The average molecular weight is 367 g/mol. The third-order valence-electron chi connectivity index (χ3n) is 5.92. The van der Waals surface area contributed by atoms with Crippen molar-refractivity contribution in [1.29, 1.82) is 0 Å². The summed E-state index contributed by atoms with van der Waals surface area (Å²) < 4.78 is 0. The Balaban J connectivity index is 1.74. The summed E-state index contributed by atoms with van der Waals surface area (Å²) in [5.74, 6) is 0. The number of amides is 1. The van der Waals surface area contributed by atoms with E-state index in [1.54, 1.807) is 0 Å². The Morgan fingerprint density at radius 2 is 1.23 bits per heavy atom. The molecule has 0 aromatic rings. The molecule has 1 amide bonds. The van der Waals surface area contributed by atoms with E-state index in [4.69, 9.17) is 0 Å². The van der Waals surface area contributed by atoms with Gasteiger partial charge >= 0.3 is 0 Å². The second-order valence-corrected chi connectivity index (χ2v) is 8.28. The molecule has 0 aliphatic carbocycles. The first-order chi connectivity index (χ1) is 12.9. The lowest BCUT2D eigenvalue weighted by atomic mass is 10.0. The second-order valence-electron chi connectivity index (χ2n) is 8.28. The van der Waals surface area contributed by atoms with Crippen molar-refractivity contribution < 1.29 is 4.79 Å². The van der Waals surface area contributed by atoms with Crippen molar-refractivity contribution in [3.63, 3.8) is 0 Å². The van der Waals surface area contributed by atoms with E-state index in [2.05, 4.69) is 17.1 Å². The molecule has 0 saturated carbocycles. The molecule has 0 spiro atoms. The van der Waals surface area contributed by atoms with Crippen LogP contribution >= 0.6 is 0 Å². The molecule has 1 rings (SSSR count). The second kappa shape index (κ2) is 17.8. The molecule has 0 radical (unpaired) electrons. The van der Waals surface area contributed by atoms with E-state index in [1.807, 2.05) is 0 Å². The number of hydrogen-bond acceptors (Lipinski definition) is 2. The Morgan fingerprint density at radius 3 is 1.69 bits per heavy atom. The van der Waals surface area contributed by atoms with Gasteiger partial charge in [0, 0.05) is 13.1 Å². The minimum absolute atomic E-state index is 0.309. The molecular formula is C23H46N2O. The Labute approximate surface area is 163 Å². The van der Waals surface area contributed by atoms with Crippen LogP contribution in [0.25, 0.3) is 0 Å². The highest BCUT2D eigenvalue weighted by Gasteiger charge is 2.22. The zero-order valence-corrected chi connectivity index (χ0v) is 17.7. The van der Waals surface area contributed by atoms with E-state index in [9.17, 15) is 4.79 Å². The summed E-state index contributed by atoms with van der Waals surface area (Å²) in [5.41, 5.74) is 0. The van der Waals surface area contributed by atoms with E-state index < -0.39 is 0 Å². The van der Waals surface area contributed by atoms with Gasteiger partial charge in [0.05, 0.1) is 6.17 Å². The molecule has 1 fully saturated rings. The lowest BCUT2D eigenvalue weighted by molar-refractivity contribution is -0.111. The van der Waals surface area contributed by atoms with Gasteiger partial charge in [0.15, 0.2) is 0 Å². The van der Waals surface area contributed by atoms with Crippen molar-refractivity contribution in [2.45, 2.75) is 129 Å². The van der Waals surface area contributed by atoms with Crippen LogP contribution in [0.1, 0.15) is 122 Å². The zero-order chi connectivity index (χ0) is 18.7. The van der Waals surface area contributed by atoms with Gasteiger partial charge in [0.1, 0.15) is 0 Å². The highest BCUT2D eigenvalue weighted by molar-refractivity contribution is 5.46. The third kappa shape index (κ3) is 12.7. The maximum absolute atomic E-state index is 10.6. The molecule has 154 valence electrons. The molecule has 1 aliphatic heterocycles. The van der Waals surface area contributed by atoms with Gasteiger partial charge in [-0.15, -0.1) is 0 Å². The Bertz CT molecular complexity index is 309. The molecule has 26 heavy (non-hydrogen) atoms. The number of likely N-dealkylation sites (tertiary alicyclic amines) is 1. The van der Waals surface area contributed by atoms with Crippen molar-refractivity contribution in [2.75, 3.05) is 13.1 Å². The maximum Gasteiger partial charge on any atom is 0.208 e. The first-order valence-corrected chi connectivity index (χ1v) is 11.8. The number of carbonyl (C=O) groups is 1. The minimum Gasteiger partial charge on any atom is -0.343 e. The number of nitrogens with zero attached hydrogens (tertiary/aromatic N) is 1. The lowest BCUT2D eigenvalue weighted by Crippen LogP contribution is -2.40. The Kier molecular flexibility index (Phi) is 16.1.